The Hall–Kier alpha value is -3.01. The first-order valence-corrected chi connectivity index (χ1v) is 8.47. The van der Waals surface area contributed by atoms with E-state index in [2.05, 4.69) is 9.97 Å². The second-order valence-electron chi connectivity index (χ2n) is 6.38. The van der Waals surface area contributed by atoms with Crippen molar-refractivity contribution < 1.29 is 9.53 Å². The number of nitrogens with one attached hydrogen (secondary N) is 2. The Morgan fingerprint density at radius 1 is 0.840 bits per heavy atom. The number of H-pyrrole nitrogens is 2. The summed E-state index contributed by atoms with van der Waals surface area (Å²) in [6, 6.07) is 16.0. The number of carbonyl (C=O) groups excluding carboxylic acids is 1. The smallest absolute Gasteiger partial charge is 0.313 e. The number of hydrogen-bond acceptors (Lipinski definition) is 2. The molecule has 0 aliphatic carbocycles. The third kappa shape index (κ3) is 2.70. The molecule has 2 heterocycles. The average Bonchev–Trinajstić information content (AvgIpc) is 3.25. The van der Waals surface area contributed by atoms with E-state index in [1.54, 1.807) is 0 Å². The number of fused-ring (bicyclic) bond motifs is 2. The van der Waals surface area contributed by atoms with Crippen LogP contribution in [0, 0.1) is 0 Å². The highest BCUT2D eigenvalue weighted by molar-refractivity contribution is 5.90. The van der Waals surface area contributed by atoms with Gasteiger partial charge in [0.1, 0.15) is 6.10 Å². The lowest BCUT2D eigenvalue weighted by molar-refractivity contribution is -0.149. The molecule has 25 heavy (non-hydrogen) atoms. The molecule has 0 aliphatic heterocycles. The van der Waals surface area contributed by atoms with Gasteiger partial charge in [0, 0.05) is 39.8 Å². The molecule has 2 aromatic heterocycles. The van der Waals surface area contributed by atoms with Crippen molar-refractivity contribution >= 4 is 27.8 Å². The van der Waals surface area contributed by atoms with Crippen molar-refractivity contribution in [3.63, 3.8) is 0 Å². The first kappa shape index (κ1) is 15.5. The van der Waals surface area contributed by atoms with Gasteiger partial charge >= 0.3 is 5.97 Å². The zero-order chi connectivity index (χ0) is 17.4. The van der Waals surface area contributed by atoms with Crippen LogP contribution in [0.3, 0.4) is 0 Å². The van der Waals surface area contributed by atoms with Gasteiger partial charge in [-0.05, 0) is 31.5 Å². The van der Waals surface area contributed by atoms with Crippen LogP contribution in [-0.4, -0.2) is 15.9 Å². The molecule has 2 atom stereocenters. The highest BCUT2D eigenvalue weighted by atomic mass is 16.5. The van der Waals surface area contributed by atoms with E-state index in [-0.39, 0.29) is 18.0 Å². The number of hydrogen-bond donors (Lipinski definition) is 2. The molecule has 4 heteroatoms. The molecule has 2 aromatic carbocycles. The number of carbonyl (C=O) groups is 1. The number of benzene rings is 2. The molecule has 0 saturated heterocycles. The highest BCUT2D eigenvalue weighted by Crippen LogP contribution is 2.30. The summed E-state index contributed by atoms with van der Waals surface area (Å²) in [5.41, 5.74) is 4.04. The van der Waals surface area contributed by atoms with E-state index in [0.29, 0.717) is 0 Å². The Kier molecular flexibility index (Phi) is 3.80. The molecule has 2 N–H and O–H groups in total. The minimum absolute atomic E-state index is 0.220. The Labute approximate surface area is 145 Å². The Morgan fingerprint density at radius 3 is 2.00 bits per heavy atom. The van der Waals surface area contributed by atoms with Crippen molar-refractivity contribution in [2.45, 2.75) is 25.9 Å². The molecule has 0 bridgehead atoms. The zero-order valence-corrected chi connectivity index (χ0v) is 14.2. The number of ether oxygens (including phenoxy) is 1. The Bertz CT molecular complexity index is 1040. The van der Waals surface area contributed by atoms with Crippen LogP contribution in [0.4, 0.5) is 0 Å². The van der Waals surface area contributed by atoms with E-state index in [4.69, 9.17) is 4.74 Å². The molecule has 0 radical (unpaired) electrons. The molecular weight excluding hydrogens is 312 g/mol. The van der Waals surface area contributed by atoms with Crippen molar-refractivity contribution in [3.05, 3.63) is 72.1 Å². The highest BCUT2D eigenvalue weighted by Gasteiger charge is 2.23. The zero-order valence-electron chi connectivity index (χ0n) is 14.2. The van der Waals surface area contributed by atoms with Gasteiger partial charge in [-0.15, -0.1) is 0 Å². The molecule has 0 fully saturated rings. The fourth-order valence-corrected chi connectivity index (χ4v) is 3.35. The lowest BCUT2D eigenvalue weighted by Crippen LogP contribution is -2.15. The minimum Gasteiger partial charge on any atom is -0.457 e. The van der Waals surface area contributed by atoms with Crippen molar-refractivity contribution in [3.8, 4) is 0 Å². The summed E-state index contributed by atoms with van der Waals surface area (Å²) in [5.74, 6) is -0.550. The molecule has 4 aromatic rings. The van der Waals surface area contributed by atoms with Crippen LogP contribution in [0.25, 0.3) is 21.8 Å². The molecule has 0 amide bonds. The van der Waals surface area contributed by atoms with Crippen LogP contribution in [0.1, 0.15) is 37.0 Å². The number of aromatic amines is 2. The normalized spacial score (nSPS) is 13.8. The summed E-state index contributed by atoms with van der Waals surface area (Å²) < 4.78 is 5.76. The molecule has 0 aliphatic rings. The number of aromatic nitrogens is 2. The summed E-state index contributed by atoms with van der Waals surface area (Å²) in [6.45, 7) is 3.80. The van der Waals surface area contributed by atoms with Crippen LogP contribution in [-0.2, 0) is 9.53 Å². The topological polar surface area (TPSA) is 57.9 Å². The second kappa shape index (κ2) is 6.13. The summed E-state index contributed by atoms with van der Waals surface area (Å²) in [6.07, 6.45) is 3.50. The summed E-state index contributed by atoms with van der Waals surface area (Å²) in [4.78, 5) is 19.1. The standard InChI is InChI=1S/C21H20N2O2/c1-13(17-11-22-19-9-5-3-7-15(17)19)21(24)25-14(2)18-12-23-20-10-6-4-8-16(18)20/h3-14,22-23H,1-2H3. The molecule has 4 nitrogen and oxygen atoms in total. The van der Waals surface area contributed by atoms with E-state index in [1.165, 1.54) is 0 Å². The summed E-state index contributed by atoms with van der Waals surface area (Å²) in [7, 11) is 0. The van der Waals surface area contributed by atoms with E-state index < -0.39 is 0 Å². The lowest BCUT2D eigenvalue weighted by Gasteiger charge is -2.16. The lowest BCUT2D eigenvalue weighted by atomic mass is 10.0. The van der Waals surface area contributed by atoms with Crippen LogP contribution < -0.4 is 0 Å². The maximum atomic E-state index is 12.7. The molecular formula is C21H20N2O2. The SMILES string of the molecule is CC(OC(=O)C(C)c1c[nH]c2ccccc12)c1c[nH]c2ccccc12. The van der Waals surface area contributed by atoms with Crippen molar-refractivity contribution in [1.29, 1.82) is 0 Å². The first-order chi connectivity index (χ1) is 12.1. The monoisotopic (exact) mass is 332 g/mol. The van der Waals surface area contributed by atoms with Gasteiger partial charge < -0.3 is 14.7 Å². The van der Waals surface area contributed by atoms with Gasteiger partial charge in [0.15, 0.2) is 0 Å². The largest absolute Gasteiger partial charge is 0.457 e. The van der Waals surface area contributed by atoms with E-state index >= 15 is 0 Å². The van der Waals surface area contributed by atoms with Crippen molar-refractivity contribution in [1.82, 2.24) is 9.97 Å². The number of esters is 1. The van der Waals surface area contributed by atoms with Crippen LogP contribution in [0.15, 0.2) is 60.9 Å². The molecule has 2 unspecified atom stereocenters. The third-order valence-corrected chi connectivity index (χ3v) is 4.79. The quantitative estimate of drug-likeness (QED) is 0.513. The molecule has 126 valence electrons. The second-order valence-corrected chi connectivity index (χ2v) is 6.38. The van der Waals surface area contributed by atoms with Gasteiger partial charge in [-0.2, -0.15) is 0 Å². The van der Waals surface area contributed by atoms with E-state index in [0.717, 1.165) is 32.9 Å². The van der Waals surface area contributed by atoms with Gasteiger partial charge in [-0.25, -0.2) is 0 Å². The maximum Gasteiger partial charge on any atom is 0.313 e. The van der Waals surface area contributed by atoms with Gasteiger partial charge in [-0.3, -0.25) is 4.79 Å². The molecule has 4 rings (SSSR count). The fraction of sp³-hybridized carbons (Fsp3) is 0.190. The third-order valence-electron chi connectivity index (χ3n) is 4.79. The molecule has 0 saturated carbocycles. The van der Waals surface area contributed by atoms with Crippen molar-refractivity contribution in [2.24, 2.45) is 0 Å². The van der Waals surface area contributed by atoms with Gasteiger partial charge in [0.05, 0.1) is 5.92 Å². The maximum absolute atomic E-state index is 12.7. The van der Waals surface area contributed by atoms with Gasteiger partial charge in [-0.1, -0.05) is 36.4 Å². The van der Waals surface area contributed by atoms with Gasteiger partial charge in [0.25, 0.3) is 0 Å². The van der Waals surface area contributed by atoms with E-state index in [9.17, 15) is 4.79 Å². The minimum atomic E-state index is -0.330. The summed E-state index contributed by atoms with van der Waals surface area (Å²) in [5, 5.41) is 2.15. The van der Waals surface area contributed by atoms with E-state index in [1.807, 2.05) is 74.8 Å². The van der Waals surface area contributed by atoms with Crippen LogP contribution >= 0.6 is 0 Å². The predicted molar refractivity (Wildman–Crippen MR) is 99.5 cm³/mol. The average molecular weight is 332 g/mol. The van der Waals surface area contributed by atoms with Crippen LogP contribution in [0.5, 0.6) is 0 Å². The van der Waals surface area contributed by atoms with Crippen molar-refractivity contribution in [2.75, 3.05) is 0 Å². The number of para-hydroxylation sites is 2. The Balaban J connectivity index is 1.57. The predicted octanol–water partition coefficient (Wildman–Crippen LogP) is 5.06. The first-order valence-electron chi connectivity index (χ1n) is 8.47. The number of rotatable bonds is 4. The van der Waals surface area contributed by atoms with Gasteiger partial charge in [0.2, 0.25) is 0 Å². The Morgan fingerprint density at radius 2 is 1.36 bits per heavy atom. The fourth-order valence-electron chi connectivity index (χ4n) is 3.35. The molecule has 0 spiro atoms. The van der Waals surface area contributed by atoms with Crippen LogP contribution in [0.2, 0.25) is 0 Å². The summed E-state index contributed by atoms with van der Waals surface area (Å²) >= 11 is 0.